The monoisotopic (exact) mass is 261 g/mol. The molecule has 0 aliphatic carbocycles. The van der Waals surface area contributed by atoms with Crippen LogP contribution >= 0.6 is 0 Å². The Morgan fingerprint density at radius 2 is 1.25 bits per heavy atom. The summed E-state index contributed by atoms with van der Waals surface area (Å²) >= 11 is 0.125. The molecule has 0 atom stereocenters. The Morgan fingerprint density at radius 3 is 1.25 bits per heavy atom. The molecule has 0 aliphatic rings. The molecule has 0 heterocycles. The summed E-state index contributed by atoms with van der Waals surface area (Å²) in [6, 6.07) is 0. The molecule has 0 aliphatic heterocycles. The van der Waals surface area contributed by atoms with Gasteiger partial charge in [0.2, 0.25) is 0 Å². The molecule has 0 aromatic carbocycles. The quantitative estimate of drug-likeness (QED) is 0.496. The van der Waals surface area contributed by atoms with Crippen LogP contribution in [0.4, 0.5) is 0 Å². The van der Waals surface area contributed by atoms with E-state index >= 15 is 0 Å². The molecule has 0 amide bonds. The van der Waals surface area contributed by atoms with E-state index in [0.717, 1.165) is 0 Å². The summed E-state index contributed by atoms with van der Waals surface area (Å²) < 4.78 is 8.38. The van der Waals surface area contributed by atoms with Gasteiger partial charge in [0.15, 0.2) is 0 Å². The third kappa shape index (κ3) is 9.18. The van der Waals surface area contributed by atoms with Gasteiger partial charge in [0, 0.05) is 17.1 Å². The van der Waals surface area contributed by atoms with Crippen molar-refractivity contribution in [3.05, 3.63) is 0 Å². The van der Waals surface area contributed by atoms with Gasteiger partial charge in [0.05, 0.1) is 0 Å². The molecule has 1 radical (unpaired) electrons. The van der Waals surface area contributed by atoms with Gasteiger partial charge in [-0.25, -0.2) is 0 Å². The molecular weight excluding hydrogens is 260 g/mol. The molecule has 4 heteroatoms. The van der Waals surface area contributed by atoms with E-state index in [2.05, 4.69) is 0 Å². The number of rotatable bonds is 0. The van der Waals surface area contributed by atoms with Crippen LogP contribution in [0.25, 0.3) is 0 Å². The fourth-order valence-corrected chi connectivity index (χ4v) is 0. The second-order valence-electron chi connectivity index (χ2n) is 0. The normalized spacial score (nSPS) is 1.50. The van der Waals surface area contributed by atoms with Crippen molar-refractivity contribution in [2.45, 2.75) is 0 Å². The standard InChI is InChI=1S/Cu.In.O.Zn.3H. The zero-order valence-electron chi connectivity index (χ0n) is 1.42. The SMILES string of the molecule is [Cu].[InH3].[O]=[Zn]. The first-order valence-electron chi connectivity index (χ1n) is 0.289. The van der Waals surface area contributed by atoms with Crippen LogP contribution in [0.3, 0.4) is 0 Å². The molecule has 0 rings (SSSR count). The van der Waals surface area contributed by atoms with Crippen LogP contribution in [0.1, 0.15) is 0 Å². The van der Waals surface area contributed by atoms with Crippen molar-refractivity contribution in [2.75, 3.05) is 0 Å². The first-order valence-corrected chi connectivity index (χ1v) is 1.50. The van der Waals surface area contributed by atoms with Crippen molar-refractivity contribution in [1.29, 1.82) is 0 Å². The molecule has 0 saturated heterocycles. The van der Waals surface area contributed by atoms with Gasteiger partial charge in [-0.3, -0.25) is 0 Å². The van der Waals surface area contributed by atoms with Crippen molar-refractivity contribution in [3.8, 4) is 0 Å². The fraction of sp³-hybridized carbons (Fsp3) is 0. The van der Waals surface area contributed by atoms with Crippen LogP contribution in [-0.4, -0.2) is 25.8 Å². The summed E-state index contributed by atoms with van der Waals surface area (Å²) in [6.07, 6.45) is 0. The maximum absolute atomic E-state index is 8.38. The zero-order valence-corrected chi connectivity index (χ0v) is 5.33. The Balaban J connectivity index is -0.00000000500. The van der Waals surface area contributed by atoms with Crippen LogP contribution in [0.5, 0.6) is 0 Å². The first-order chi connectivity index (χ1) is 1.00. The summed E-state index contributed by atoms with van der Waals surface area (Å²) in [4.78, 5) is 0. The molecule has 0 N–H and O–H groups in total. The average molecular weight is 263 g/mol. The van der Waals surface area contributed by atoms with Gasteiger partial charge in [-0.05, 0) is 0 Å². The van der Waals surface area contributed by atoms with Crippen molar-refractivity contribution >= 4 is 25.8 Å². The summed E-state index contributed by atoms with van der Waals surface area (Å²) in [5.74, 6) is 0. The van der Waals surface area contributed by atoms with Crippen LogP contribution in [0.2, 0.25) is 0 Å². The third-order valence-electron chi connectivity index (χ3n) is 0. The van der Waals surface area contributed by atoms with Crippen molar-refractivity contribution in [2.24, 2.45) is 0 Å². The van der Waals surface area contributed by atoms with E-state index in [9.17, 15) is 0 Å². The predicted octanol–water partition coefficient (Wildman–Crippen LogP) is -1.31. The maximum atomic E-state index is 8.38. The fourth-order valence-electron chi connectivity index (χ4n) is 0. The summed E-state index contributed by atoms with van der Waals surface area (Å²) in [5.41, 5.74) is 0. The van der Waals surface area contributed by atoms with Gasteiger partial charge in [0.1, 0.15) is 0 Å². The summed E-state index contributed by atoms with van der Waals surface area (Å²) in [6.45, 7) is 0. The molecule has 4 heavy (non-hydrogen) atoms. The Kier molecular flexibility index (Phi) is 90.6. The Bertz CT molecular complexity index is 8.00. The first kappa shape index (κ1) is 17.0. The van der Waals surface area contributed by atoms with Crippen LogP contribution in [-0.2, 0) is 38.9 Å². The Labute approximate surface area is 64.1 Å². The van der Waals surface area contributed by atoms with E-state index in [0.29, 0.717) is 0 Å². The van der Waals surface area contributed by atoms with E-state index in [1.54, 1.807) is 0 Å². The number of hydrogen-bond acceptors (Lipinski definition) is 1. The summed E-state index contributed by atoms with van der Waals surface area (Å²) in [5, 5.41) is 0. The second-order valence-corrected chi connectivity index (χ2v) is 0. The molecule has 25 valence electrons. The van der Waals surface area contributed by atoms with Crippen LogP contribution < -0.4 is 0 Å². The van der Waals surface area contributed by atoms with Crippen molar-refractivity contribution in [3.63, 3.8) is 0 Å². The van der Waals surface area contributed by atoms with Gasteiger partial charge < -0.3 is 0 Å². The topological polar surface area (TPSA) is 17.1 Å². The molecule has 0 fully saturated rings. The molecule has 0 aromatic heterocycles. The Hall–Kier alpha value is 1.81. The van der Waals surface area contributed by atoms with Crippen LogP contribution in [0, 0.1) is 0 Å². The molecule has 0 unspecified atom stereocenters. The van der Waals surface area contributed by atoms with Crippen molar-refractivity contribution < 1.29 is 38.9 Å². The number of hydrogen-bond donors (Lipinski definition) is 0. The van der Waals surface area contributed by atoms with Crippen molar-refractivity contribution in [1.82, 2.24) is 0 Å². The molecule has 0 spiro atoms. The molecule has 1 nitrogen and oxygen atoms in total. The van der Waals surface area contributed by atoms with Gasteiger partial charge in [0.25, 0.3) is 0 Å². The van der Waals surface area contributed by atoms with E-state index in [-0.39, 0.29) is 61.2 Å². The van der Waals surface area contributed by atoms with E-state index in [1.807, 2.05) is 0 Å². The van der Waals surface area contributed by atoms with E-state index in [4.69, 9.17) is 3.57 Å². The average Bonchev–Trinajstić information content (AvgIpc) is 1.00. The minimum absolute atomic E-state index is 0. The zero-order chi connectivity index (χ0) is 2.00. The van der Waals surface area contributed by atoms with Gasteiger partial charge >= 0.3 is 47.7 Å². The van der Waals surface area contributed by atoms with Crippen LogP contribution in [0.15, 0.2) is 0 Å². The molecular formula is H3CuInOZn. The van der Waals surface area contributed by atoms with Gasteiger partial charge in [-0.1, -0.05) is 0 Å². The van der Waals surface area contributed by atoms with E-state index in [1.165, 1.54) is 0 Å². The molecule has 0 bridgehead atoms. The third-order valence-corrected chi connectivity index (χ3v) is 0. The van der Waals surface area contributed by atoms with Gasteiger partial charge in [-0.15, -0.1) is 0 Å². The minimum atomic E-state index is 0. The predicted molar refractivity (Wildman–Crippen MR) is 10.6 cm³/mol. The van der Waals surface area contributed by atoms with E-state index < -0.39 is 0 Å². The molecule has 0 aromatic rings. The molecule has 0 saturated carbocycles. The van der Waals surface area contributed by atoms with Gasteiger partial charge in [-0.2, -0.15) is 0 Å². The Morgan fingerprint density at radius 1 is 1.25 bits per heavy atom. The second kappa shape index (κ2) is 21.3. The summed E-state index contributed by atoms with van der Waals surface area (Å²) in [7, 11) is 0.